The van der Waals surface area contributed by atoms with Crippen molar-refractivity contribution in [2.75, 3.05) is 5.32 Å². The van der Waals surface area contributed by atoms with Crippen molar-refractivity contribution < 1.29 is 22.9 Å². The van der Waals surface area contributed by atoms with E-state index < -0.39 is 26.8 Å². The first-order valence-corrected chi connectivity index (χ1v) is 6.98. The number of aliphatic imine (C=N–C) groups is 1. The largest absolute Gasteiger partial charge is 0.505 e. The Morgan fingerprint density at radius 2 is 2.00 bits per heavy atom. The predicted molar refractivity (Wildman–Crippen MR) is 77.8 cm³/mol. The van der Waals surface area contributed by atoms with Crippen LogP contribution in [0.4, 0.5) is 16.2 Å². The minimum Gasteiger partial charge on any atom is -0.505 e. The van der Waals surface area contributed by atoms with Gasteiger partial charge in [-0.2, -0.15) is 8.42 Å². The summed E-state index contributed by atoms with van der Waals surface area (Å²) < 4.78 is 31.8. The molecule has 2 rings (SSSR count). The lowest BCUT2D eigenvalue weighted by Crippen LogP contribution is -2.19. The Morgan fingerprint density at radius 1 is 1.33 bits per heavy atom. The molecular formula is C12H11N3O5S. The molecule has 110 valence electrons. The van der Waals surface area contributed by atoms with Gasteiger partial charge in [0.25, 0.3) is 10.1 Å². The number of urea groups is 1. The molecule has 0 aliphatic carbocycles. The van der Waals surface area contributed by atoms with Gasteiger partial charge in [0, 0.05) is 11.1 Å². The summed E-state index contributed by atoms with van der Waals surface area (Å²) in [4.78, 5) is 13.7. The lowest BCUT2D eigenvalue weighted by molar-refractivity contribution is 0.259. The highest BCUT2D eigenvalue weighted by Gasteiger charge is 2.21. The second kappa shape index (κ2) is 5.04. The maximum absolute atomic E-state index is 11.3. The zero-order valence-electron chi connectivity index (χ0n) is 10.6. The fraction of sp³-hybridized carbons (Fsp3) is 0. The first-order valence-electron chi connectivity index (χ1n) is 5.54. The van der Waals surface area contributed by atoms with E-state index in [1.165, 1.54) is 18.2 Å². The van der Waals surface area contributed by atoms with Gasteiger partial charge in [0.1, 0.15) is 16.3 Å². The molecule has 0 aliphatic rings. The van der Waals surface area contributed by atoms with Crippen LogP contribution in [0.25, 0.3) is 10.8 Å². The van der Waals surface area contributed by atoms with Crippen molar-refractivity contribution in [1.29, 1.82) is 0 Å². The summed E-state index contributed by atoms with van der Waals surface area (Å²) in [6.45, 7) is 3.17. The van der Waals surface area contributed by atoms with Crippen LogP contribution in [-0.4, -0.2) is 30.8 Å². The highest BCUT2D eigenvalue weighted by molar-refractivity contribution is 7.86. The summed E-state index contributed by atoms with van der Waals surface area (Å²) in [6.07, 6.45) is 0. The van der Waals surface area contributed by atoms with Crippen molar-refractivity contribution >= 4 is 45.0 Å². The smallest absolute Gasteiger partial charge is 0.316 e. The average Bonchev–Trinajstić information content (AvgIpc) is 2.37. The van der Waals surface area contributed by atoms with Gasteiger partial charge in [-0.15, -0.1) is 0 Å². The first-order chi connectivity index (χ1) is 9.74. The van der Waals surface area contributed by atoms with Crippen LogP contribution in [0.3, 0.4) is 0 Å². The second-order valence-corrected chi connectivity index (χ2v) is 5.52. The number of phenols is 1. The monoisotopic (exact) mass is 309 g/mol. The van der Waals surface area contributed by atoms with E-state index in [1.54, 1.807) is 0 Å². The molecule has 0 unspecified atom stereocenters. The maximum atomic E-state index is 11.3. The number of nitrogens with zero attached hydrogens (tertiary/aromatic N) is 1. The molecular weight excluding hydrogens is 298 g/mol. The van der Waals surface area contributed by atoms with Crippen LogP contribution in [-0.2, 0) is 10.1 Å². The Balaban J connectivity index is 2.80. The number of rotatable bonds is 3. The Bertz CT molecular complexity index is 861. The third kappa shape index (κ3) is 2.78. The maximum Gasteiger partial charge on any atom is 0.316 e. The van der Waals surface area contributed by atoms with E-state index in [2.05, 4.69) is 17.0 Å². The molecule has 0 radical (unpaired) electrons. The van der Waals surface area contributed by atoms with Gasteiger partial charge in [0.2, 0.25) is 0 Å². The van der Waals surface area contributed by atoms with Crippen molar-refractivity contribution in [3.63, 3.8) is 0 Å². The summed E-state index contributed by atoms with van der Waals surface area (Å²) >= 11 is 0. The van der Waals surface area contributed by atoms with Gasteiger partial charge in [-0.3, -0.25) is 9.55 Å². The molecule has 0 saturated carbocycles. The van der Waals surface area contributed by atoms with Gasteiger partial charge in [-0.1, -0.05) is 6.07 Å². The third-order valence-electron chi connectivity index (χ3n) is 2.76. The number of carbonyl (C=O) groups is 1. The lowest BCUT2D eigenvalue weighted by atomic mass is 10.1. The summed E-state index contributed by atoms with van der Waals surface area (Å²) in [6, 6.07) is 4.65. The van der Waals surface area contributed by atoms with Crippen LogP contribution in [0.15, 0.2) is 34.2 Å². The van der Waals surface area contributed by atoms with Crippen molar-refractivity contribution in [2.24, 2.45) is 10.7 Å². The van der Waals surface area contributed by atoms with Gasteiger partial charge < -0.3 is 16.2 Å². The van der Waals surface area contributed by atoms with E-state index in [0.717, 1.165) is 6.07 Å². The van der Waals surface area contributed by atoms with Gasteiger partial charge in [-0.05, 0) is 30.3 Å². The van der Waals surface area contributed by atoms with E-state index in [9.17, 15) is 18.3 Å². The van der Waals surface area contributed by atoms with Crippen LogP contribution in [0, 0.1) is 0 Å². The number of amides is 2. The number of hydrogen-bond acceptors (Lipinski definition) is 5. The molecule has 21 heavy (non-hydrogen) atoms. The summed E-state index contributed by atoms with van der Waals surface area (Å²) in [5, 5.41) is 13.0. The van der Waals surface area contributed by atoms with Crippen LogP contribution in [0.1, 0.15) is 0 Å². The average molecular weight is 309 g/mol. The second-order valence-electron chi connectivity index (χ2n) is 4.13. The fourth-order valence-corrected chi connectivity index (χ4v) is 2.59. The molecule has 5 N–H and O–H groups in total. The number of phenolic OH excluding ortho intramolecular Hbond substituents is 1. The molecule has 0 heterocycles. The lowest BCUT2D eigenvalue weighted by Gasteiger charge is -2.10. The van der Waals surface area contributed by atoms with Gasteiger partial charge in [0.05, 0.1) is 0 Å². The van der Waals surface area contributed by atoms with Crippen LogP contribution in [0.2, 0.25) is 0 Å². The molecule has 0 saturated heterocycles. The molecule has 2 amide bonds. The number of primary amides is 1. The number of anilines is 1. The molecule has 8 nitrogen and oxygen atoms in total. The zero-order chi connectivity index (χ0) is 15.8. The third-order valence-corrected chi connectivity index (χ3v) is 3.62. The Labute approximate surface area is 119 Å². The van der Waals surface area contributed by atoms with Crippen LogP contribution < -0.4 is 11.1 Å². The van der Waals surface area contributed by atoms with Crippen molar-refractivity contribution in [2.45, 2.75) is 4.90 Å². The van der Waals surface area contributed by atoms with Gasteiger partial charge in [0.15, 0.2) is 0 Å². The molecule has 9 heteroatoms. The molecule has 0 atom stereocenters. The van der Waals surface area contributed by atoms with E-state index in [0.29, 0.717) is 11.1 Å². The predicted octanol–water partition coefficient (Wildman–Crippen LogP) is 1.61. The molecule has 0 aromatic heterocycles. The number of aromatic hydroxyl groups is 1. The standard InChI is InChI=1S/C12H11N3O5S/c1-14-10-9(21(18,19)20)4-6-2-3-7(15-12(13)17)5-8(6)11(10)16/h2-5,16H,1H2,(H3,13,15,17)(H,18,19,20). The van der Waals surface area contributed by atoms with Crippen molar-refractivity contribution in [1.82, 2.24) is 0 Å². The molecule has 2 aromatic carbocycles. The van der Waals surface area contributed by atoms with Gasteiger partial charge in [-0.25, -0.2) is 4.79 Å². The van der Waals surface area contributed by atoms with Crippen molar-refractivity contribution in [3.05, 3.63) is 24.3 Å². The van der Waals surface area contributed by atoms with E-state index in [-0.39, 0.29) is 11.1 Å². The molecule has 0 bridgehead atoms. The minimum absolute atomic E-state index is 0.219. The highest BCUT2D eigenvalue weighted by Crippen LogP contribution is 2.41. The number of nitrogens with two attached hydrogens (primary N) is 1. The zero-order valence-corrected chi connectivity index (χ0v) is 11.4. The molecule has 2 aromatic rings. The van der Waals surface area contributed by atoms with Crippen LogP contribution >= 0.6 is 0 Å². The summed E-state index contributed by atoms with van der Waals surface area (Å²) in [5.74, 6) is -0.483. The SMILES string of the molecule is C=Nc1c(S(=O)(=O)O)cc2ccc(NC(N)=O)cc2c1O. The Morgan fingerprint density at radius 3 is 2.52 bits per heavy atom. The minimum atomic E-state index is -4.57. The molecule has 0 spiro atoms. The van der Waals surface area contributed by atoms with Crippen molar-refractivity contribution in [3.8, 4) is 5.75 Å². The topological polar surface area (TPSA) is 142 Å². The first kappa shape index (κ1) is 14.8. The highest BCUT2D eigenvalue weighted by atomic mass is 32.2. The summed E-state index contributed by atoms with van der Waals surface area (Å²) in [5.41, 5.74) is 4.92. The Hall–Kier alpha value is -2.65. The molecule has 0 fully saturated rings. The molecule has 0 aliphatic heterocycles. The van der Waals surface area contributed by atoms with E-state index >= 15 is 0 Å². The number of nitrogens with one attached hydrogen (secondary N) is 1. The van der Waals surface area contributed by atoms with E-state index in [1.807, 2.05) is 0 Å². The fourth-order valence-electron chi connectivity index (χ4n) is 1.91. The number of hydrogen-bond donors (Lipinski definition) is 4. The van der Waals surface area contributed by atoms with Gasteiger partial charge >= 0.3 is 6.03 Å². The number of fused-ring (bicyclic) bond motifs is 1. The Kier molecular flexibility index (Phi) is 3.54. The number of carbonyl (C=O) groups excluding carboxylic acids is 1. The summed E-state index contributed by atoms with van der Waals surface area (Å²) in [7, 11) is -4.57. The quantitative estimate of drug-likeness (QED) is 0.503. The normalized spacial score (nSPS) is 11.3. The van der Waals surface area contributed by atoms with E-state index in [4.69, 9.17) is 10.3 Å². The number of benzene rings is 2. The van der Waals surface area contributed by atoms with Crippen LogP contribution in [0.5, 0.6) is 5.75 Å².